The van der Waals surface area contributed by atoms with Crippen LogP contribution in [0.15, 0.2) is 182 Å². The van der Waals surface area contributed by atoms with Crippen molar-refractivity contribution < 1.29 is 10.2 Å². The van der Waals surface area contributed by atoms with E-state index in [2.05, 4.69) is 182 Å². The first-order valence-corrected chi connectivity index (χ1v) is 26.5. The minimum absolute atomic E-state index is 0.320. The number of aromatic hydroxyl groups is 2. The molecule has 2 saturated carbocycles. The van der Waals surface area contributed by atoms with Crippen LogP contribution < -0.4 is 31.1 Å². The number of hydrogen-bond acceptors (Lipinski definition) is 2. The van der Waals surface area contributed by atoms with Crippen molar-refractivity contribution in [2.45, 2.75) is 75.3 Å². The van der Waals surface area contributed by atoms with E-state index < -0.39 is 16.1 Å². The van der Waals surface area contributed by atoms with Gasteiger partial charge in [-0.25, -0.2) is 0 Å². The van der Waals surface area contributed by atoms with E-state index in [0.717, 1.165) is 68.7 Å². The Bertz CT molecular complexity index is 2470. The van der Waals surface area contributed by atoms with Gasteiger partial charge in [0.15, 0.2) is 16.1 Å². The molecule has 298 valence electrons. The third-order valence-corrected chi connectivity index (χ3v) is 25.5. The average Bonchev–Trinajstić information content (AvgIpc) is 3.32. The van der Waals surface area contributed by atoms with Crippen LogP contribution in [0.1, 0.15) is 64.2 Å². The second kappa shape index (κ2) is 16.4. The Labute approximate surface area is 357 Å². The maximum atomic E-state index is 13.7. The number of phenolic OH excluding ortho intramolecular Hbond substituents is 2. The van der Waals surface area contributed by atoms with Crippen molar-refractivity contribution in [3.63, 3.8) is 0 Å². The molecule has 8 aromatic rings. The van der Waals surface area contributed by atoms with Crippen LogP contribution in [0.2, 0.25) is 11.1 Å². The van der Waals surface area contributed by atoms with Crippen molar-refractivity contribution in [1.29, 1.82) is 0 Å². The standard InChI is InChI=1S/C56H54O2Si2/c57-55-51(59(43-25-7-1-8-26-43,44-27-9-2-10-28-44)45-29-11-3-12-30-45)39-41-23-19-21-37-49(41)53(55)54-50-38-22-20-24-42(50)40-52(56(54)58)60(46-31-13-4-14-32-46,47-33-15-5-16-34-47)48-35-17-6-18-36-48/h1-2,4-5,7-10,13-16,19-28,31-34,37-40,45,48,57-58H,3,6,11-12,17-18,29-30,35-36H2. The maximum Gasteiger partial charge on any atom is 0.156 e. The summed E-state index contributed by atoms with van der Waals surface area (Å²) in [5, 5.41) is 39.0. The highest BCUT2D eigenvalue weighted by Crippen LogP contribution is 2.48. The Balaban J connectivity index is 1.36. The SMILES string of the molecule is Oc1c([Si](c2ccccc2)(c2ccccc2)C2CCCCC2)cc2ccccc2c1-c1c(O)c([Si](c2ccccc2)(c2ccccc2)C2CCCCC2)cc2ccccc12. The topological polar surface area (TPSA) is 40.5 Å². The number of hydrogen-bond donors (Lipinski definition) is 2. The maximum absolute atomic E-state index is 13.7. The van der Waals surface area contributed by atoms with Gasteiger partial charge in [-0.3, -0.25) is 0 Å². The van der Waals surface area contributed by atoms with Crippen molar-refractivity contribution in [3.05, 3.63) is 182 Å². The van der Waals surface area contributed by atoms with Gasteiger partial charge < -0.3 is 10.2 Å². The van der Waals surface area contributed by atoms with Gasteiger partial charge in [-0.1, -0.05) is 246 Å². The highest BCUT2D eigenvalue weighted by molar-refractivity contribution is 7.13. The van der Waals surface area contributed by atoms with Crippen molar-refractivity contribution >= 4 is 68.8 Å². The van der Waals surface area contributed by atoms with Crippen LogP contribution in [-0.2, 0) is 0 Å². The molecule has 2 N–H and O–H groups in total. The second-order valence-corrected chi connectivity index (χ2v) is 25.7. The third kappa shape index (κ3) is 6.26. The zero-order chi connectivity index (χ0) is 40.5. The van der Waals surface area contributed by atoms with Crippen LogP contribution in [0, 0.1) is 0 Å². The van der Waals surface area contributed by atoms with Crippen LogP contribution in [0.5, 0.6) is 11.5 Å². The number of benzene rings is 8. The number of fused-ring (bicyclic) bond motifs is 2. The highest BCUT2D eigenvalue weighted by Gasteiger charge is 2.51. The van der Waals surface area contributed by atoms with Gasteiger partial charge in [0.05, 0.1) is 0 Å². The summed E-state index contributed by atoms with van der Waals surface area (Å²) in [5.41, 5.74) is 2.31. The Kier molecular flexibility index (Phi) is 10.5. The van der Waals surface area contributed by atoms with Crippen molar-refractivity contribution in [2.24, 2.45) is 0 Å². The molecule has 0 atom stereocenters. The molecule has 60 heavy (non-hydrogen) atoms. The average molecular weight is 815 g/mol. The smallest absolute Gasteiger partial charge is 0.156 e. The molecule has 0 unspecified atom stereocenters. The van der Waals surface area contributed by atoms with E-state index in [9.17, 15) is 10.2 Å². The monoisotopic (exact) mass is 814 g/mol. The Hall–Kier alpha value is -5.69. The molecule has 0 heterocycles. The first kappa shape index (κ1) is 38.5. The Morgan fingerprint density at radius 2 is 0.617 bits per heavy atom. The van der Waals surface area contributed by atoms with Crippen LogP contribution >= 0.6 is 0 Å². The molecular weight excluding hydrogens is 761 g/mol. The minimum Gasteiger partial charge on any atom is -0.507 e. The van der Waals surface area contributed by atoms with E-state index in [1.165, 1.54) is 59.3 Å². The molecule has 8 aromatic carbocycles. The largest absolute Gasteiger partial charge is 0.507 e. The van der Waals surface area contributed by atoms with E-state index in [1.807, 2.05) is 0 Å². The van der Waals surface area contributed by atoms with E-state index in [4.69, 9.17) is 0 Å². The van der Waals surface area contributed by atoms with Crippen molar-refractivity contribution in [3.8, 4) is 22.6 Å². The lowest BCUT2D eigenvalue weighted by Crippen LogP contribution is -2.70. The molecule has 0 amide bonds. The molecule has 0 spiro atoms. The highest BCUT2D eigenvalue weighted by atomic mass is 28.3. The van der Waals surface area contributed by atoms with Gasteiger partial charge in [0, 0.05) is 11.1 Å². The van der Waals surface area contributed by atoms with Crippen LogP contribution in [0.3, 0.4) is 0 Å². The fourth-order valence-corrected chi connectivity index (χ4v) is 23.9. The lowest BCUT2D eigenvalue weighted by molar-refractivity contribution is 0.472. The summed E-state index contributed by atoms with van der Waals surface area (Å²) < 4.78 is 0. The number of phenols is 2. The molecule has 2 aliphatic rings. The van der Waals surface area contributed by atoms with Gasteiger partial charge in [0.2, 0.25) is 0 Å². The summed E-state index contributed by atoms with van der Waals surface area (Å²) in [5.74, 6) is 0.640. The summed E-state index contributed by atoms with van der Waals surface area (Å²) >= 11 is 0. The van der Waals surface area contributed by atoms with Crippen LogP contribution in [-0.4, -0.2) is 26.4 Å². The first-order chi connectivity index (χ1) is 29.6. The summed E-state index contributed by atoms with van der Waals surface area (Å²) in [6.45, 7) is 0. The van der Waals surface area contributed by atoms with E-state index >= 15 is 0 Å². The molecule has 0 aromatic heterocycles. The van der Waals surface area contributed by atoms with Gasteiger partial charge in [-0.05, 0) is 63.7 Å². The fraction of sp³-hybridized carbons (Fsp3) is 0.214. The van der Waals surface area contributed by atoms with Crippen molar-refractivity contribution in [2.75, 3.05) is 0 Å². The molecular formula is C56H54O2Si2. The van der Waals surface area contributed by atoms with Crippen LogP contribution in [0.4, 0.5) is 0 Å². The Morgan fingerprint density at radius 1 is 0.333 bits per heavy atom. The molecule has 2 aliphatic carbocycles. The fourth-order valence-electron chi connectivity index (χ4n) is 12.0. The van der Waals surface area contributed by atoms with E-state index in [1.54, 1.807) is 0 Å². The summed E-state index contributed by atoms with van der Waals surface area (Å²) in [7, 11) is -5.88. The quantitative estimate of drug-likeness (QED) is 0.113. The van der Waals surface area contributed by atoms with Gasteiger partial charge >= 0.3 is 0 Å². The van der Waals surface area contributed by atoms with E-state index in [0.29, 0.717) is 22.6 Å². The lowest BCUT2D eigenvalue weighted by Gasteiger charge is -2.44. The van der Waals surface area contributed by atoms with Gasteiger partial charge in [0.25, 0.3) is 0 Å². The molecule has 10 rings (SSSR count). The predicted molar refractivity (Wildman–Crippen MR) is 259 cm³/mol. The lowest BCUT2D eigenvalue weighted by atomic mass is 9.92. The minimum atomic E-state index is -2.94. The Morgan fingerprint density at radius 3 is 0.933 bits per heavy atom. The third-order valence-electron chi connectivity index (χ3n) is 14.5. The summed E-state index contributed by atoms with van der Waals surface area (Å²) in [4.78, 5) is 0. The molecule has 2 nitrogen and oxygen atoms in total. The van der Waals surface area contributed by atoms with Gasteiger partial charge in [-0.15, -0.1) is 0 Å². The first-order valence-electron chi connectivity index (χ1n) is 22.4. The zero-order valence-electron chi connectivity index (χ0n) is 34.4. The summed E-state index contributed by atoms with van der Waals surface area (Å²) in [6.07, 6.45) is 11.8. The molecule has 2 fully saturated rings. The van der Waals surface area contributed by atoms with Gasteiger partial charge in [-0.2, -0.15) is 0 Å². The molecule has 0 bridgehead atoms. The molecule has 4 heteroatoms. The molecule has 0 radical (unpaired) electrons. The summed E-state index contributed by atoms with van der Waals surface area (Å²) in [6, 6.07) is 66.5. The predicted octanol–water partition coefficient (Wildman–Crippen LogP) is 10.7. The molecule has 0 aliphatic heterocycles. The number of rotatable bonds is 9. The second-order valence-electron chi connectivity index (χ2n) is 17.5. The zero-order valence-corrected chi connectivity index (χ0v) is 36.4. The van der Waals surface area contributed by atoms with Crippen molar-refractivity contribution in [1.82, 2.24) is 0 Å². The van der Waals surface area contributed by atoms with Gasteiger partial charge in [0.1, 0.15) is 11.5 Å². The van der Waals surface area contributed by atoms with E-state index in [-0.39, 0.29) is 0 Å². The molecule has 0 saturated heterocycles. The van der Waals surface area contributed by atoms with Crippen LogP contribution in [0.25, 0.3) is 32.7 Å². The normalized spacial score (nSPS) is 15.7.